The molecular formula is C21H21FN2O3. The first-order valence-corrected chi connectivity index (χ1v) is 8.59. The highest BCUT2D eigenvalue weighted by atomic mass is 19.1. The van der Waals surface area contributed by atoms with Gasteiger partial charge >= 0.3 is 0 Å². The summed E-state index contributed by atoms with van der Waals surface area (Å²) in [6.07, 6.45) is 0. The Bertz CT molecular complexity index is 925. The molecule has 0 spiro atoms. The SMILES string of the molecule is Cc1cc(C)c(NC(=O)COCc2cc(-c3ccc(F)cc3)on2)c(C)c1. The highest BCUT2D eigenvalue weighted by Gasteiger charge is 2.10. The first-order valence-electron chi connectivity index (χ1n) is 8.59. The van der Waals surface area contributed by atoms with Crippen molar-refractivity contribution in [1.29, 1.82) is 0 Å². The number of ether oxygens (including phenoxy) is 1. The molecule has 0 saturated heterocycles. The Morgan fingerprint density at radius 3 is 2.44 bits per heavy atom. The molecule has 0 fully saturated rings. The number of hydrogen-bond acceptors (Lipinski definition) is 4. The van der Waals surface area contributed by atoms with Gasteiger partial charge in [0.2, 0.25) is 5.91 Å². The fraction of sp³-hybridized carbons (Fsp3) is 0.238. The number of amides is 1. The van der Waals surface area contributed by atoms with Crippen molar-refractivity contribution >= 4 is 11.6 Å². The number of carbonyl (C=O) groups is 1. The van der Waals surface area contributed by atoms with Crippen LogP contribution in [0.2, 0.25) is 0 Å². The number of rotatable bonds is 6. The van der Waals surface area contributed by atoms with E-state index in [1.165, 1.54) is 12.1 Å². The molecule has 0 unspecified atom stereocenters. The van der Waals surface area contributed by atoms with E-state index >= 15 is 0 Å². The Labute approximate surface area is 157 Å². The van der Waals surface area contributed by atoms with E-state index in [0.717, 1.165) is 27.9 Å². The Morgan fingerprint density at radius 2 is 1.78 bits per heavy atom. The number of halogens is 1. The average Bonchev–Trinajstić information content (AvgIpc) is 3.07. The predicted molar refractivity (Wildman–Crippen MR) is 101 cm³/mol. The maximum atomic E-state index is 13.0. The van der Waals surface area contributed by atoms with Crippen molar-refractivity contribution in [2.75, 3.05) is 11.9 Å². The summed E-state index contributed by atoms with van der Waals surface area (Å²) >= 11 is 0. The summed E-state index contributed by atoms with van der Waals surface area (Å²) in [6.45, 7) is 5.99. The number of nitrogens with zero attached hydrogens (tertiary/aromatic N) is 1. The zero-order chi connectivity index (χ0) is 19.4. The number of nitrogens with one attached hydrogen (secondary N) is 1. The van der Waals surface area contributed by atoms with Gasteiger partial charge in [0.25, 0.3) is 0 Å². The molecule has 0 aliphatic rings. The van der Waals surface area contributed by atoms with E-state index < -0.39 is 0 Å². The van der Waals surface area contributed by atoms with E-state index in [9.17, 15) is 9.18 Å². The molecule has 3 aromatic rings. The van der Waals surface area contributed by atoms with Crippen LogP contribution < -0.4 is 5.32 Å². The van der Waals surface area contributed by atoms with E-state index in [1.54, 1.807) is 18.2 Å². The zero-order valence-electron chi connectivity index (χ0n) is 15.5. The predicted octanol–water partition coefficient (Wildman–Crippen LogP) is 4.56. The second-order valence-electron chi connectivity index (χ2n) is 6.50. The summed E-state index contributed by atoms with van der Waals surface area (Å²) in [5, 5.41) is 6.79. The number of benzene rings is 2. The van der Waals surface area contributed by atoms with Crippen LogP contribution in [0.4, 0.5) is 10.1 Å². The first kappa shape index (κ1) is 18.8. The van der Waals surface area contributed by atoms with Crippen LogP contribution in [0.1, 0.15) is 22.4 Å². The molecule has 0 bridgehead atoms. The third-order valence-electron chi connectivity index (χ3n) is 4.11. The molecule has 0 atom stereocenters. The molecule has 0 radical (unpaired) electrons. The summed E-state index contributed by atoms with van der Waals surface area (Å²) in [7, 11) is 0. The Balaban J connectivity index is 1.53. The van der Waals surface area contributed by atoms with E-state index in [4.69, 9.17) is 9.26 Å². The van der Waals surface area contributed by atoms with Gasteiger partial charge in [0.05, 0.1) is 6.61 Å². The van der Waals surface area contributed by atoms with Crippen LogP contribution in [0.3, 0.4) is 0 Å². The molecule has 27 heavy (non-hydrogen) atoms. The third-order valence-corrected chi connectivity index (χ3v) is 4.11. The van der Waals surface area contributed by atoms with Gasteiger partial charge in [0.1, 0.15) is 18.1 Å². The topological polar surface area (TPSA) is 64.4 Å². The van der Waals surface area contributed by atoms with Gasteiger partial charge in [0, 0.05) is 17.3 Å². The molecule has 6 heteroatoms. The molecule has 1 amide bonds. The highest BCUT2D eigenvalue weighted by molar-refractivity contribution is 5.93. The quantitative estimate of drug-likeness (QED) is 0.693. The van der Waals surface area contributed by atoms with Crippen molar-refractivity contribution in [3.05, 3.63) is 70.7 Å². The number of carbonyl (C=O) groups excluding carboxylic acids is 1. The number of anilines is 1. The summed E-state index contributed by atoms with van der Waals surface area (Å²) < 4.78 is 23.6. The zero-order valence-corrected chi connectivity index (χ0v) is 15.5. The van der Waals surface area contributed by atoms with Gasteiger partial charge in [-0.2, -0.15) is 0 Å². The molecule has 5 nitrogen and oxygen atoms in total. The van der Waals surface area contributed by atoms with E-state index in [1.807, 2.05) is 32.9 Å². The van der Waals surface area contributed by atoms with Crippen molar-refractivity contribution in [3.63, 3.8) is 0 Å². The molecule has 3 rings (SSSR count). The van der Waals surface area contributed by atoms with Crippen LogP contribution in [0.5, 0.6) is 0 Å². The summed E-state index contributed by atoms with van der Waals surface area (Å²) in [5.74, 6) is -0.0249. The van der Waals surface area contributed by atoms with Crippen LogP contribution in [-0.4, -0.2) is 17.7 Å². The fourth-order valence-corrected chi connectivity index (χ4v) is 2.93. The highest BCUT2D eigenvalue weighted by Crippen LogP contribution is 2.22. The van der Waals surface area contributed by atoms with Gasteiger partial charge in [-0.3, -0.25) is 4.79 Å². The van der Waals surface area contributed by atoms with Gasteiger partial charge < -0.3 is 14.6 Å². The Morgan fingerprint density at radius 1 is 1.11 bits per heavy atom. The number of aryl methyl sites for hydroxylation is 3. The Kier molecular flexibility index (Phi) is 5.66. The summed E-state index contributed by atoms with van der Waals surface area (Å²) in [6, 6.07) is 11.7. The van der Waals surface area contributed by atoms with E-state index in [2.05, 4.69) is 10.5 Å². The largest absolute Gasteiger partial charge is 0.365 e. The number of aromatic nitrogens is 1. The van der Waals surface area contributed by atoms with Gasteiger partial charge in [0.15, 0.2) is 5.76 Å². The standard InChI is InChI=1S/C21H21FN2O3/c1-13-8-14(2)21(15(3)9-13)23-20(25)12-26-11-18-10-19(27-24-18)16-4-6-17(22)7-5-16/h4-10H,11-12H2,1-3H3,(H,23,25). The fourth-order valence-electron chi connectivity index (χ4n) is 2.93. The van der Waals surface area contributed by atoms with Crippen molar-refractivity contribution in [3.8, 4) is 11.3 Å². The molecule has 0 aliphatic heterocycles. The van der Waals surface area contributed by atoms with Crippen LogP contribution in [-0.2, 0) is 16.1 Å². The lowest BCUT2D eigenvalue weighted by atomic mass is 10.1. The second-order valence-corrected chi connectivity index (χ2v) is 6.50. The molecule has 1 N–H and O–H groups in total. The maximum Gasteiger partial charge on any atom is 0.250 e. The van der Waals surface area contributed by atoms with Crippen LogP contribution in [0, 0.1) is 26.6 Å². The lowest BCUT2D eigenvalue weighted by molar-refractivity contribution is -0.121. The molecule has 0 aliphatic carbocycles. The minimum Gasteiger partial charge on any atom is -0.365 e. The minimum absolute atomic E-state index is 0.0918. The smallest absolute Gasteiger partial charge is 0.250 e. The summed E-state index contributed by atoms with van der Waals surface area (Å²) in [5.41, 5.74) is 5.28. The second kappa shape index (κ2) is 8.14. The maximum absolute atomic E-state index is 13.0. The average molecular weight is 368 g/mol. The lowest BCUT2D eigenvalue weighted by Gasteiger charge is -2.12. The summed E-state index contributed by atoms with van der Waals surface area (Å²) in [4.78, 5) is 12.1. The lowest BCUT2D eigenvalue weighted by Crippen LogP contribution is -2.19. The minimum atomic E-state index is -0.313. The van der Waals surface area contributed by atoms with E-state index in [-0.39, 0.29) is 24.9 Å². The monoisotopic (exact) mass is 368 g/mol. The normalized spacial score (nSPS) is 10.8. The van der Waals surface area contributed by atoms with Gasteiger partial charge in [-0.1, -0.05) is 22.9 Å². The molecule has 140 valence electrons. The van der Waals surface area contributed by atoms with Gasteiger partial charge in [-0.15, -0.1) is 0 Å². The van der Waals surface area contributed by atoms with Crippen molar-refractivity contribution in [2.24, 2.45) is 0 Å². The van der Waals surface area contributed by atoms with Crippen molar-refractivity contribution in [1.82, 2.24) is 5.16 Å². The molecule has 0 saturated carbocycles. The van der Waals surface area contributed by atoms with Crippen molar-refractivity contribution in [2.45, 2.75) is 27.4 Å². The van der Waals surface area contributed by atoms with Crippen LogP contribution in [0.25, 0.3) is 11.3 Å². The molecule has 1 heterocycles. The third kappa shape index (κ3) is 4.80. The number of hydrogen-bond donors (Lipinski definition) is 1. The van der Waals surface area contributed by atoms with Crippen LogP contribution >= 0.6 is 0 Å². The van der Waals surface area contributed by atoms with Crippen molar-refractivity contribution < 1.29 is 18.4 Å². The van der Waals surface area contributed by atoms with Crippen LogP contribution in [0.15, 0.2) is 47.0 Å². The van der Waals surface area contributed by atoms with Gasteiger partial charge in [-0.25, -0.2) is 4.39 Å². The molecular weight excluding hydrogens is 347 g/mol. The van der Waals surface area contributed by atoms with E-state index in [0.29, 0.717) is 11.5 Å². The molecule has 1 aromatic heterocycles. The first-order chi connectivity index (χ1) is 12.9. The van der Waals surface area contributed by atoms with Gasteiger partial charge in [-0.05, 0) is 56.2 Å². The molecule has 2 aromatic carbocycles. The Hall–Kier alpha value is -2.99.